The quantitative estimate of drug-likeness (QED) is 0.918. The molecule has 1 unspecified atom stereocenters. The Balaban J connectivity index is 1.89. The second-order valence-electron chi connectivity index (χ2n) is 5.45. The van der Waals surface area contributed by atoms with Gasteiger partial charge in [-0.3, -0.25) is 4.90 Å². The largest absolute Gasteiger partial charge is 0.497 e. The summed E-state index contributed by atoms with van der Waals surface area (Å²) < 4.78 is 5.26. The van der Waals surface area contributed by atoms with Gasteiger partial charge in [-0.25, -0.2) is 9.97 Å². The van der Waals surface area contributed by atoms with E-state index in [1.165, 1.54) is 0 Å². The molecular weight excluding hydrogens is 278 g/mol. The summed E-state index contributed by atoms with van der Waals surface area (Å²) >= 11 is 0. The number of methoxy groups -OCH3 is 1. The van der Waals surface area contributed by atoms with Gasteiger partial charge in [0.05, 0.1) is 25.5 Å². The van der Waals surface area contributed by atoms with E-state index in [9.17, 15) is 5.11 Å². The highest BCUT2D eigenvalue weighted by Gasteiger charge is 2.26. The average Bonchev–Trinajstić information content (AvgIpc) is 3.04. The maximum atomic E-state index is 9.19. The summed E-state index contributed by atoms with van der Waals surface area (Å²) in [6, 6.07) is 10.0. The lowest BCUT2D eigenvalue weighted by Gasteiger charge is -2.23. The van der Waals surface area contributed by atoms with Gasteiger partial charge in [-0.2, -0.15) is 0 Å². The number of rotatable bonds is 5. The number of nitrogens with zero attached hydrogens (tertiary/aromatic N) is 3. The molecule has 1 aromatic heterocycles. The van der Waals surface area contributed by atoms with E-state index in [0.29, 0.717) is 12.4 Å². The summed E-state index contributed by atoms with van der Waals surface area (Å²) in [7, 11) is 1.65. The van der Waals surface area contributed by atoms with Crippen LogP contribution in [0.1, 0.15) is 24.6 Å². The third-order valence-corrected chi connectivity index (χ3v) is 4.10. The molecule has 0 aliphatic carbocycles. The van der Waals surface area contributed by atoms with Crippen LogP contribution in [0.25, 0.3) is 11.4 Å². The molecule has 1 aliphatic rings. The first-order valence-corrected chi connectivity index (χ1v) is 7.64. The molecule has 1 aliphatic heterocycles. The highest BCUT2D eigenvalue weighted by atomic mass is 16.5. The predicted molar refractivity (Wildman–Crippen MR) is 84.7 cm³/mol. The summed E-state index contributed by atoms with van der Waals surface area (Å²) in [5.41, 5.74) is 1.98. The summed E-state index contributed by atoms with van der Waals surface area (Å²) in [6.07, 6.45) is 4.03. The van der Waals surface area contributed by atoms with E-state index < -0.39 is 0 Å². The third kappa shape index (κ3) is 3.10. The second kappa shape index (κ2) is 6.85. The van der Waals surface area contributed by atoms with Crippen molar-refractivity contribution in [1.29, 1.82) is 0 Å². The maximum absolute atomic E-state index is 9.19. The number of ether oxygens (including phenoxy) is 1. The Morgan fingerprint density at radius 3 is 3.09 bits per heavy atom. The molecule has 116 valence electrons. The van der Waals surface area contributed by atoms with Crippen molar-refractivity contribution in [3.8, 4) is 17.1 Å². The molecular formula is C17H21N3O2. The van der Waals surface area contributed by atoms with Crippen LogP contribution in [0.3, 0.4) is 0 Å². The first-order valence-electron chi connectivity index (χ1n) is 7.64. The van der Waals surface area contributed by atoms with Gasteiger partial charge < -0.3 is 9.84 Å². The monoisotopic (exact) mass is 299 g/mol. The normalized spacial score (nSPS) is 18.5. The number of benzene rings is 1. The fraction of sp³-hybridized carbons (Fsp3) is 0.412. The van der Waals surface area contributed by atoms with Crippen molar-refractivity contribution in [3.63, 3.8) is 0 Å². The second-order valence-corrected chi connectivity index (χ2v) is 5.45. The van der Waals surface area contributed by atoms with Crippen molar-refractivity contribution in [3.05, 3.63) is 42.2 Å². The van der Waals surface area contributed by atoms with Crippen LogP contribution < -0.4 is 4.74 Å². The number of aliphatic hydroxyl groups is 1. The van der Waals surface area contributed by atoms with E-state index in [2.05, 4.69) is 9.88 Å². The van der Waals surface area contributed by atoms with Crippen LogP contribution in [0, 0.1) is 0 Å². The molecule has 1 aromatic carbocycles. The van der Waals surface area contributed by atoms with E-state index in [4.69, 9.17) is 9.72 Å². The fourth-order valence-electron chi connectivity index (χ4n) is 3.02. The van der Waals surface area contributed by atoms with Crippen LogP contribution in [-0.2, 0) is 0 Å². The third-order valence-electron chi connectivity index (χ3n) is 4.10. The van der Waals surface area contributed by atoms with Crippen LogP contribution in [-0.4, -0.2) is 46.8 Å². The topological polar surface area (TPSA) is 58.5 Å². The lowest BCUT2D eigenvalue weighted by Crippen LogP contribution is -2.27. The minimum Gasteiger partial charge on any atom is -0.497 e. The lowest BCUT2D eigenvalue weighted by atomic mass is 10.1. The first kappa shape index (κ1) is 14.9. The van der Waals surface area contributed by atoms with Crippen LogP contribution in [0.4, 0.5) is 0 Å². The highest BCUT2D eigenvalue weighted by Crippen LogP contribution is 2.31. The summed E-state index contributed by atoms with van der Waals surface area (Å²) in [4.78, 5) is 11.4. The van der Waals surface area contributed by atoms with Gasteiger partial charge in [-0.1, -0.05) is 12.1 Å². The molecule has 0 saturated carbocycles. The smallest absolute Gasteiger partial charge is 0.159 e. The Morgan fingerprint density at radius 1 is 1.36 bits per heavy atom. The number of aliphatic hydroxyl groups excluding tert-OH is 1. The molecule has 0 amide bonds. The van der Waals surface area contributed by atoms with Gasteiger partial charge in [0.25, 0.3) is 0 Å². The molecule has 5 nitrogen and oxygen atoms in total. The Bertz CT molecular complexity index is 633. The number of β-amino-alcohol motifs (C(OH)–C–C–N with tert-alkyl or cyclic N) is 1. The van der Waals surface area contributed by atoms with Crippen molar-refractivity contribution in [1.82, 2.24) is 14.9 Å². The summed E-state index contributed by atoms with van der Waals surface area (Å²) in [5, 5.41) is 9.19. The minimum atomic E-state index is 0.185. The zero-order valence-electron chi connectivity index (χ0n) is 12.8. The first-order chi connectivity index (χ1) is 10.8. The number of hydrogen-bond acceptors (Lipinski definition) is 5. The molecule has 1 atom stereocenters. The zero-order chi connectivity index (χ0) is 15.4. The molecule has 5 heteroatoms. The van der Waals surface area contributed by atoms with Gasteiger partial charge in [-0.05, 0) is 37.6 Å². The molecule has 22 heavy (non-hydrogen) atoms. The molecule has 1 N–H and O–H groups in total. The van der Waals surface area contributed by atoms with Crippen molar-refractivity contribution in [2.24, 2.45) is 0 Å². The predicted octanol–water partition coefficient (Wildman–Crippen LogP) is 2.28. The van der Waals surface area contributed by atoms with Crippen LogP contribution in [0.5, 0.6) is 5.75 Å². The van der Waals surface area contributed by atoms with Gasteiger partial charge in [0.1, 0.15) is 5.75 Å². The molecule has 3 rings (SSSR count). The number of hydrogen-bond donors (Lipinski definition) is 1. The van der Waals surface area contributed by atoms with Crippen molar-refractivity contribution in [2.45, 2.75) is 18.9 Å². The summed E-state index contributed by atoms with van der Waals surface area (Å²) in [5.74, 6) is 1.52. The van der Waals surface area contributed by atoms with E-state index >= 15 is 0 Å². The lowest BCUT2D eigenvalue weighted by molar-refractivity contribution is 0.183. The number of aromatic nitrogens is 2. The van der Waals surface area contributed by atoms with Crippen LogP contribution in [0.2, 0.25) is 0 Å². The van der Waals surface area contributed by atoms with E-state index in [0.717, 1.165) is 36.4 Å². The average molecular weight is 299 g/mol. The Labute approximate surface area is 130 Å². The summed E-state index contributed by atoms with van der Waals surface area (Å²) in [6.45, 7) is 1.90. The van der Waals surface area contributed by atoms with Crippen LogP contribution >= 0.6 is 0 Å². The zero-order valence-corrected chi connectivity index (χ0v) is 12.8. The van der Waals surface area contributed by atoms with Gasteiger partial charge in [0, 0.05) is 18.3 Å². The highest BCUT2D eigenvalue weighted by molar-refractivity contribution is 5.57. The molecule has 2 aromatic rings. The van der Waals surface area contributed by atoms with Crippen molar-refractivity contribution >= 4 is 0 Å². The maximum Gasteiger partial charge on any atom is 0.159 e. The van der Waals surface area contributed by atoms with E-state index in [1.807, 2.05) is 36.5 Å². The molecule has 1 saturated heterocycles. The van der Waals surface area contributed by atoms with Crippen molar-refractivity contribution in [2.75, 3.05) is 26.8 Å². The Morgan fingerprint density at radius 2 is 2.27 bits per heavy atom. The standard InChI is InChI=1S/C17H21N3O2/c1-22-14-5-2-4-13(12-14)17-18-8-7-15(19-17)16-6-3-9-20(16)10-11-21/h2,4-5,7-8,12,16,21H,3,6,9-11H2,1H3. The molecule has 1 fully saturated rings. The van der Waals surface area contributed by atoms with Crippen molar-refractivity contribution < 1.29 is 9.84 Å². The molecule has 2 heterocycles. The van der Waals surface area contributed by atoms with Gasteiger partial charge in [0.15, 0.2) is 5.82 Å². The molecule has 0 bridgehead atoms. The van der Waals surface area contributed by atoms with E-state index in [-0.39, 0.29) is 12.6 Å². The van der Waals surface area contributed by atoms with Crippen LogP contribution in [0.15, 0.2) is 36.5 Å². The van der Waals surface area contributed by atoms with Gasteiger partial charge >= 0.3 is 0 Å². The SMILES string of the molecule is COc1cccc(-c2nccc(C3CCCN3CCO)n2)c1. The van der Waals surface area contributed by atoms with Gasteiger partial charge in [0.2, 0.25) is 0 Å². The fourth-order valence-corrected chi connectivity index (χ4v) is 3.02. The van der Waals surface area contributed by atoms with Gasteiger partial charge in [-0.15, -0.1) is 0 Å². The molecule has 0 radical (unpaired) electrons. The Kier molecular flexibility index (Phi) is 4.65. The minimum absolute atomic E-state index is 0.185. The Hall–Kier alpha value is -1.98. The molecule has 0 spiro atoms. The van der Waals surface area contributed by atoms with E-state index in [1.54, 1.807) is 7.11 Å². The number of likely N-dealkylation sites (tertiary alicyclic amines) is 1.